The molecule has 1 unspecified atom stereocenters. The van der Waals surface area contributed by atoms with Gasteiger partial charge in [-0.1, -0.05) is 12.5 Å². The largest absolute Gasteiger partial charge is 0.370 e. The molecule has 2 rings (SSSR count). The lowest BCUT2D eigenvalue weighted by molar-refractivity contribution is 0.666. The second kappa shape index (κ2) is 9.88. The Morgan fingerprint density at radius 1 is 1.47 bits per heavy atom. The van der Waals surface area contributed by atoms with E-state index in [0.29, 0.717) is 11.2 Å². The normalized spacial score (nSPS) is 19.8. The maximum Gasteiger partial charge on any atom is 0.188 e. The van der Waals surface area contributed by atoms with Gasteiger partial charge in [-0.3, -0.25) is 4.99 Å². The first-order valence-electron chi connectivity index (χ1n) is 6.52. The highest BCUT2D eigenvalue weighted by molar-refractivity contribution is 14.0. The zero-order valence-corrected chi connectivity index (χ0v) is 15.0. The summed E-state index contributed by atoms with van der Waals surface area (Å²) in [4.78, 5) is 5.82. The summed E-state index contributed by atoms with van der Waals surface area (Å²) in [7, 11) is 0. The van der Waals surface area contributed by atoms with Crippen LogP contribution in [0.5, 0.6) is 0 Å². The molecule has 0 amide bonds. The summed E-state index contributed by atoms with van der Waals surface area (Å²) in [6.07, 6.45) is 5.01. The van der Waals surface area contributed by atoms with Crippen molar-refractivity contribution in [2.75, 3.05) is 18.8 Å². The minimum absolute atomic E-state index is 0. The van der Waals surface area contributed by atoms with Crippen LogP contribution in [0.2, 0.25) is 0 Å². The lowest BCUT2D eigenvalue weighted by Gasteiger charge is -2.19. The van der Waals surface area contributed by atoms with Crippen LogP contribution in [-0.4, -0.2) is 30.1 Å². The Bertz CT molecular complexity index is 362. The summed E-state index contributed by atoms with van der Waals surface area (Å²) in [5.74, 6) is 1.88. The Morgan fingerprint density at radius 3 is 3.05 bits per heavy atom. The zero-order chi connectivity index (χ0) is 12.6. The minimum Gasteiger partial charge on any atom is -0.370 e. The maximum atomic E-state index is 5.86. The van der Waals surface area contributed by atoms with Gasteiger partial charge in [0.05, 0.1) is 6.54 Å². The number of rotatable bonds is 5. The first-order valence-corrected chi connectivity index (χ1v) is 8.45. The molecule has 3 nitrogen and oxygen atoms in total. The first kappa shape index (κ1) is 17.1. The highest BCUT2D eigenvalue weighted by Gasteiger charge is 2.12. The monoisotopic (exact) mass is 411 g/mol. The zero-order valence-electron chi connectivity index (χ0n) is 11.0. The first-order chi connectivity index (χ1) is 8.84. The highest BCUT2D eigenvalue weighted by Crippen LogP contribution is 2.24. The molecule has 3 N–H and O–H groups in total. The van der Waals surface area contributed by atoms with Crippen molar-refractivity contribution in [2.45, 2.75) is 30.9 Å². The van der Waals surface area contributed by atoms with E-state index in [-0.39, 0.29) is 24.0 Å². The Labute approximate surface area is 140 Å². The maximum absolute atomic E-state index is 5.86. The number of nitrogens with two attached hydrogens (primary N) is 1. The van der Waals surface area contributed by atoms with Gasteiger partial charge in [-0.05, 0) is 36.5 Å². The SMILES string of the molecule is I.NC(=NCC1CCCCS1)NCCc1cccs1. The molecule has 0 bridgehead atoms. The van der Waals surface area contributed by atoms with E-state index in [1.165, 1.54) is 29.9 Å². The molecule has 1 atom stereocenters. The van der Waals surface area contributed by atoms with Crippen molar-refractivity contribution in [2.24, 2.45) is 10.7 Å². The molecule has 19 heavy (non-hydrogen) atoms. The van der Waals surface area contributed by atoms with Gasteiger partial charge in [-0.2, -0.15) is 11.8 Å². The molecule has 0 aromatic carbocycles. The van der Waals surface area contributed by atoms with Crippen LogP contribution in [0.1, 0.15) is 24.1 Å². The number of nitrogens with one attached hydrogen (secondary N) is 1. The van der Waals surface area contributed by atoms with Gasteiger partial charge in [-0.25, -0.2) is 0 Å². The van der Waals surface area contributed by atoms with Gasteiger partial charge in [0.2, 0.25) is 0 Å². The quantitative estimate of drug-likeness (QED) is 0.445. The third kappa shape index (κ3) is 6.85. The van der Waals surface area contributed by atoms with Crippen molar-refractivity contribution >= 4 is 53.0 Å². The summed E-state index contributed by atoms with van der Waals surface area (Å²) in [6.45, 7) is 1.73. The van der Waals surface area contributed by atoms with E-state index in [1.807, 2.05) is 11.8 Å². The van der Waals surface area contributed by atoms with Crippen LogP contribution in [0, 0.1) is 0 Å². The second-order valence-electron chi connectivity index (χ2n) is 4.47. The molecule has 108 valence electrons. The fourth-order valence-corrected chi connectivity index (χ4v) is 3.90. The van der Waals surface area contributed by atoms with Crippen LogP contribution in [-0.2, 0) is 6.42 Å². The molecule has 0 radical (unpaired) electrons. The van der Waals surface area contributed by atoms with Crippen LogP contribution < -0.4 is 11.1 Å². The van der Waals surface area contributed by atoms with Crippen molar-refractivity contribution in [1.82, 2.24) is 5.32 Å². The topological polar surface area (TPSA) is 50.4 Å². The number of guanidine groups is 1. The number of halogens is 1. The van der Waals surface area contributed by atoms with Crippen molar-refractivity contribution in [1.29, 1.82) is 0 Å². The van der Waals surface area contributed by atoms with Gasteiger partial charge in [-0.15, -0.1) is 35.3 Å². The van der Waals surface area contributed by atoms with Gasteiger partial charge in [0, 0.05) is 16.7 Å². The summed E-state index contributed by atoms with van der Waals surface area (Å²) in [6, 6.07) is 4.23. The molecule has 1 aromatic rings. The predicted octanol–water partition coefficient (Wildman–Crippen LogP) is 3.10. The fourth-order valence-electron chi connectivity index (χ4n) is 1.98. The molecule has 1 saturated heterocycles. The Hall–Kier alpha value is 0.0500. The predicted molar refractivity (Wildman–Crippen MR) is 98.0 cm³/mol. The van der Waals surface area contributed by atoms with Crippen LogP contribution >= 0.6 is 47.1 Å². The van der Waals surface area contributed by atoms with Gasteiger partial charge in [0.15, 0.2) is 5.96 Å². The second-order valence-corrected chi connectivity index (χ2v) is 6.91. The molecule has 1 aromatic heterocycles. The van der Waals surface area contributed by atoms with Crippen LogP contribution in [0.25, 0.3) is 0 Å². The average molecular weight is 411 g/mol. The molecule has 6 heteroatoms. The molecule has 1 aliphatic heterocycles. The van der Waals surface area contributed by atoms with Crippen LogP contribution in [0.15, 0.2) is 22.5 Å². The Balaban J connectivity index is 0.00000180. The fraction of sp³-hybridized carbons (Fsp3) is 0.615. The average Bonchev–Trinajstić information content (AvgIpc) is 2.91. The Morgan fingerprint density at radius 2 is 2.37 bits per heavy atom. The number of aliphatic imine (C=N–C) groups is 1. The summed E-state index contributed by atoms with van der Waals surface area (Å²) in [5, 5.41) is 5.97. The molecule has 2 heterocycles. The van der Waals surface area contributed by atoms with Crippen LogP contribution in [0.3, 0.4) is 0 Å². The number of nitrogens with zero attached hydrogens (tertiary/aromatic N) is 1. The van der Waals surface area contributed by atoms with Crippen molar-refractivity contribution < 1.29 is 0 Å². The molecule has 1 fully saturated rings. The van der Waals surface area contributed by atoms with Gasteiger partial charge < -0.3 is 11.1 Å². The Kier molecular flexibility index (Phi) is 8.89. The van der Waals surface area contributed by atoms with Gasteiger partial charge in [0.25, 0.3) is 0 Å². The molecule has 0 saturated carbocycles. The number of hydrogen-bond acceptors (Lipinski definition) is 3. The molecule has 0 aliphatic carbocycles. The molecule has 1 aliphatic rings. The van der Waals surface area contributed by atoms with E-state index >= 15 is 0 Å². The van der Waals surface area contributed by atoms with E-state index < -0.39 is 0 Å². The van der Waals surface area contributed by atoms with Crippen LogP contribution in [0.4, 0.5) is 0 Å². The van der Waals surface area contributed by atoms with E-state index in [9.17, 15) is 0 Å². The molecular weight excluding hydrogens is 389 g/mol. The molecular formula is C13H22IN3S2. The number of thioether (sulfide) groups is 1. The third-order valence-electron chi connectivity index (χ3n) is 3.00. The standard InChI is InChI=1S/C13H21N3S2.HI/c14-13(15-7-6-11-5-3-9-17-11)16-10-12-4-1-2-8-18-12;/h3,5,9,12H,1-2,4,6-8,10H2,(H3,14,15,16);1H. The van der Waals surface area contributed by atoms with Crippen molar-refractivity contribution in [3.05, 3.63) is 22.4 Å². The third-order valence-corrected chi connectivity index (χ3v) is 5.31. The van der Waals surface area contributed by atoms with Crippen molar-refractivity contribution in [3.63, 3.8) is 0 Å². The lowest BCUT2D eigenvalue weighted by Crippen LogP contribution is -2.34. The van der Waals surface area contributed by atoms with E-state index in [1.54, 1.807) is 11.3 Å². The highest BCUT2D eigenvalue weighted by atomic mass is 127. The molecule has 0 spiro atoms. The summed E-state index contributed by atoms with van der Waals surface area (Å²) >= 11 is 3.82. The smallest absolute Gasteiger partial charge is 0.188 e. The number of thiophene rings is 1. The lowest BCUT2D eigenvalue weighted by atomic mass is 10.2. The van der Waals surface area contributed by atoms with Gasteiger partial charge >= 0.3 is 0 Å². The van der Waals surface area contributed by atoms with Gasteiger partial charge in [0.1, 0.15) is 0 Å². The summed E-state index contributed by atoms with van der Waals surface area (Å²) < 4.78 is 0. The van der Waals surface area contributed by atoms with E-state index in [4.69, 9.17) is 5.73 Å². The minimum atomic E-state index is 0. The van der Waals surface area contributed by atoms with Crippen molar-refractivity contribution in [3.8, 4) is 0 Å². The number of hydrogen-bond donors (Lipinski definition) is 2. The van der Waals surface area contributed by atoms with E-state index in [2.05, 4.69) is 27.8 Å². The van der Waals surface area contributed by atoms with E-state index in [0.717, 1.165) is 19.5 Å². The summed E-state index contributed by atoms with van der Waals surface area (Å²) in [5.41, 5.74) is 5.86.